The molecule has 0 bridgehead atoms. The van der Waals surface area contributed by atoms with E-state index in [2.05, 4.69) is 22.3 Å². The number of benzene rings is 1. The van der Waals surface area contributed by atoms with Gasteiger partial charge in [-0.2, -0.15) is 5.10 Å². The molecule has 3 aromatic rings. The van der Waals surface area contributed by atoms with Crippen molar-refractivity contribution in [2.75, 3.05) is 11.1 Å². The first kappa shape index (κ1) is 12.5. The van der Waals surface area contributed by atoms with Crippen LogP contribution in [0.1, 0.15) is 11.3 Å². The lowest BCUT2D eigenvalue weighted by atomic mass is 10.1. The van der Waals surface area contributed by atoms with Crippen LogP contribution < -0.4 is 11.1 Å². The Morgan fingerprint density at radius 1 is 1.20 bits per heavy atom. The van der Waals surface area contributed by atoms with Crippen LogP contribution in [0.2, 0.25) is 0 Å². The molecule has 2 heterocycles. The van der Waals surface area contributed by atoms with Crippen LogP contribution in [0.25, 0.3) is 10.8 Å². The van der Waals surface area contributed by atoms with Crippen LogP contribution in [-0.4, -0.2) is 14.8 Å². The predicted octanol–water partition coefficient (Wildman–Crippen LogP) is 2.47. The lowest BCUT2D eigenvalue weighted by Gasteiger charge is -2.11. The van der Waals surface area contributed by atoms with Crippen LogP contribution in [0, 0.1) is 6.92 Å². The molecule has 3 N–H and O–H groups in total. The van der Waals surface area contributed by atoms with Crippen molar-refractivity contribution in [2.45, 2.75) is 13.5 Å². The minimum atomic E-state index is 0.730. The van der Waals surface area contributed by atoms with Crippen LogP contribution >= 0.6 is 0 Å². The van der Waals surface area contributed by atoms with Gasteiger partial charge in [-0.1, -0.05) is 0 Å². The molecule has 0 fully saturated rings. The Kier molecular flexibility index (Phi) is 3.02. The normalized spacial score (nSPS) is 10.9. The maximum atomic E-state index is 5.99. The molecule has 1 aromatic carbocycles. The second-order valence-corrected chi connectivity index (χ2v) is 4.86. The summed E-state index contributed by atoms with van der Waals surface area (Å²) in [4.78, 5) is 4.18. The van der Waals surface area contributed by atoms with Crippen molar-refractivity contribution in [1.29, 1.82) is 0 Å². The first-order chi connectivity index (χ1) is 9.66. The van der Waals surface area contributed by atoms with Gasteiger partial charge in [-0.05, 0) is 25.1 Å². The van der Waals surface area contributed by atoms with Crippen LogP contribution in [0.15, 0.2) is 36.8 Å². The van der Waals surface area contributed by atoms with Gasteiger partial charge in [0.1, 0.15) is 0 Å². The number of anilines is 2. The van der Waals surface area contributed by atoms with Crippen molar-refractivity contribution in [2.24, 2.45) is 7.05 Å². The minimum absolute atomic E-state index is 0.730. The van der Waals surface area contributed by atoms with Gasteiger partial charge in [-0.25, -0.2) is 0 Å². The molecule has 0 aliphatic rings. The lowest BCUT2D eigenvalue weighted by molar-refractivity contribution is 0.738. The van der Waals surface area contributed by atoms with Crippen molar-refractivity contribution in [3.63, 3.8) is 0 Å². The van der Waals surface area contributed by atoms with Crippen LogP contribution in [0.3, 0.4) is 0 Å². The maximum Gasteiger partial charge on any atom is 0.0542 e. The summed E-state index contributed by atoms with van der Waals surface area (Å²) in [5, 5.41) is 9.74. The molecule has 0 radical (unpaired) electrons. The number of fused-ring (bicyclic) bond motifs is 1. The zero-order valence-corrected chi connectivity index (χ0v) is 11.6. The summed E-state index contributed by atoms with van der Waals surface area (Å²) in [5.41, 5.74) is 10.1. The number of nitrogens with one attached hydrogen (secondary N) is 1. The summed E-state index contributed by atoms with van der Waals surface area (Å²) in [7, 11) is 1.95. The average Bonchev–Trinajstić information content (AvgIpc) is 2.79. The second kappa shape index (κ2) is 4.85. The van der Waals surface area contributed by atoms with E-state index < -0.39 is 0 Å². The van der Waals surface area contributed by atoms with Gasteiger partial charge < -0.3 is 11.1 Å². The smallest absolute Gasteiger partial charge is 0.0542 e. The van der Waals surface area contributed by atoms with E-state index in [1.807, 2.05) is 42.3 Å². The van der Waals surface area contributed by atoms with Gasteiger partial charge in [0.25, 0.3) is 0 Å². The molecular formula is C15H17N5. The van der Waals surface area contributed by atoms with Crippen LogP contribution in [-0.2, 0) is 13.6 Å². The fraction of sp³-hybridized carbons (Fsp3) is 0.200. The summed E-state index contributed by atoms with van der Waals surface area (Å²) in [6, 6.07) is 5.84. The highest BCUT2D eigenvalue weighted by molar-refractivity contribution is 6.00. The second-order valence-electron chi connectivity index (χ2n) is 4.86. The molecule has 5 nitrogen and oxygen atoms in total. The molecule has 0 spiro atoms. The number of hydrogen-bond acceptors (Lipinski definition) is 4. The van der Waals surface area contributed by atoms with Gasteiger partial charge in [-0.3, -0.25) is 9.67 Å². The van der Waals surface area contributed by atoms with Crippen LogP contribution in [0.4, 0.5) is 11.4 Å². The monoisotopic (exact) mass is 267 g/mol. The number of nitrogen functional groups attached to an aromatic ring is 1. The lowest BCUT2D eigenvalue weighted by Crippen LogP contribution is -2.02. The molecule has 3 rings (SSSR count). The molecule has 0 atom stereocenters. The molecule has 0 unspecified atom stereocenters. The third-order valence-electron chi connectivity index (χ3n) is 3.66. The van der Waals surface area contributed by atoms with Crippen molar-refractivity contribution in [3.05, 3.63) is 48.0 Å². The number of pyridine rings is 1. The molecule has 5 heteroatoms. The van der Waals surface area contributed by atoms with Crippen LogP contribution in [0.5, 0.6) is 0 Å². The van der Waals surface area contributed by atoms with Gasteiger partial charge in [0.15, 0.2) is 0 Å². The van der Waals surface area contributed by atoms with E-state index >= 15 is 0 Å². The molecule has 0 saturated carbocycles. The summed E-state index contributed by atoms with van der Waals surface area (Å²) in [6.45, 7) is 2.79. The number of aromatic nitrogens is 3. The van der Waals surface area contributed by atoms with Gasteiger partial charge in [0.2, 0.25) is 0 Å². The first-order valence-electron chi connectivity index (χ1n) is 6.50. The highest BCUT2D eigenvalue weighted by atomic mass is 15.3. The number of hydrogen-bond donors (Lipinski definition) is 2. The first-order valence-corrected chi connectivity index (χ1v) is 6.50. The summed E-state index contributed by atoms with van der Waals surface area (Å²) < 4.78 is 1.87. The Morgan fingerprint density at radius 3 is 2.80 bits per heavy atom. The third-order valence-corrected chi connectivity index (χ3v) is 3.66. The zero-order valence-electron chi connectivity index (χ0n) is 11.6. The van der Waals surface area contributed by atoms with Crippen molar-refractivity contribution >= 4 is 22.1 Å². The topological polar surface area (TPSA) is 68.8 Å². The van der Waals surface area contributed by atoms with Crippen molar-refractivity contribution < 1.29 is 0 Å². The number of rotatable bonds is 3. The summed E-state index contributed by atoms with van der Waals surface area (Å²) in [5.74, 6) is 0. The molecule has 20 heavy (non-hydrogen) atoms. The predicted molar refractivity (Wildman–Crippen MR) is 81.4 cm³/mol. The van der Waals surface area contributed by atoms with Crippen molar-refractivity contribution in [1.82, 2.24) is 14.8 Å². The fourth-order valence-corrected chi connectivity index (χ4v) is 2.28. The van der Waals surface area contributed by atoms with Gasteiger partial charge >= 0.3 is 0 Å². The van der Waals surface area contributed by atoms with E-state index in [-0.39, 0.29) is 0 Å². The highest BCUT2D eigenvalue weighted by Gasteiger charge is 2.06. The Hall–Kier alpha value is -2.56. The van der Waals surface area contributed by atoms with E-state index in [0.717, 1.165) is 34.4 Å². The Labute approximate surface area is 117 Å². The minimum Gasteiger partial charge on any atom is -0.398 e. The molecule has 102 valence electrons. The number of aryl methyl sites for hydroxylation is 1. The van der Waals surface area contributed by atoms with E-state index in [1.54, 1.807) is 6.20 Å². The van der Waals surface area contributed by atoms with Gasteiger partial charge in [-0.15, -0.1) is 0 Å². The maximum absolute atomic E-state index is 5.99. The highest BCUT2D eigenvalue weighted by Crippen LogP contribution is 2.27. The summed E-state index contributed by atoms with van der Waals surface area (Å²) >= 11 is 0. The van der Waals surface area contributed by atoms with Gasteiger partial charge in [0.05, 0.1) is 6.20 Å². The molecule has 0 aliphatic heterocycles. The Bertz CT molecular complexity index is 760. The largest absolute Gasteiger partial charge is 0.398 e. The standard InChI is InChI=1S/C15H17N5/c1-10-11(8-19-20(10)2)7-18-15-4-3-14(16)12-5-6-17-9-13(12)15/h3-6,8-9,18H,7,16H2,1-2H3. The summed E-state index contributed by atoms with van der Waals surface area (Å²) in [6.07, 6.45) is 5.48. The molecule has 2 aromatic heterocycles. The number of nitrogens with zero attached hydrogens (tertiary/aromatic N) is 3. The molecule has 0 amide bonds. The van der Waals surface area contributed by atoms with E-state index in [9.17, 15) is 0 Å². The molecule has 0 aliphatic carbocycles. The fourth-order valence-electron chi connectivity index (χ4n) is 2.28. The van der Waals surface area contributed by atoms with E-state index in [0.29, 0.717) is 0 Å². The zero-order chi connectivity index (χ0) is 14.1. The average molecular weight is 267 g/mol. The van der Waals surface area contributed by atoms with E-state index in [4.69, 9.17) is 5.73 Å². The van der Waals surface area contributed by atoms with Crippen molar-refractivity contribution in [3.8, 4) is 0 Å². The van der Waals surface area contributed by atoms with E-state index in [1.165, 1.54) is 5.56 Å². The number of nitrogens with two attached hydrogens (primary N) is 1. The third kappa shape index (κ3) is 2.07. The SMILES string of the molecule is Cc1c(CNc2ccc(N)c3ccncc23)cnn1C. The Balaban J connectivity index is 1.92. The Morgan fingerprint density at radius 2 is 2.05 bits per heavy atom. The molecule has 0 saturated heterocycles. The van der Waals surface area contributed by atoms with Gasteiger partial charge in [0, 0.05) is 59.4 Å². The molecular weight excluding hydrogens is 250 g/mol. The quantitative estimate of drug-likeness (QED) is 0.715.